The van der Waals surface area contributed by atoms with E-state index in [1.807, 2.05) is 30.6 Å². The van der Waals surface area contributed by atoms with Crippen molar-refractivity contribution in [1.82, 2.24) is 29.8 Å². The third kappa shape index (κ3) is 3.06. The van der Waals surface area contributed by atoms with Crippen LogP contribution in [0.2, 0.25) is 0 Å². The standard InChI is InChI=1S/C21H20N8S/c1-28-11-15-6-14(28)12-29(15)20-10-23-9-19(27-20)26-18-7-16-17(8-24-18)30-21(25-16)13-2-4-22-5-3-13/h2-5,7-10,14-15H,6,11-12H2,1H3,(H,24,26,27)/t14-,15-/m0/s1. The number of fused-ring (bicyclic) bond motifs is 3. The fourth-order valence-electron chi connectivity index (χ4n) is 4.35. The minimum atomic E-state index is 0.528. The number of likely N-dealkylation sites (N-methyl/N-ethyl adjacent to an activating group) is 1. The summed E-state index contributed by atoms with van der Waals surface area (Å²) in [5, 5.41) is 4.25. The second-order valence-corrected chi connectivity index (χ2v) is 8.85. The smallest absolute Gasteiger partial charge is 0.152 e. The molecule has 2 fully saturated rings. The molecule has 0 unspecified atom stereocenters. The van der Waals surface area contributed by atoms with Crippen molar-refractivity contribution in [2.45, 2.75) is 18.5 Å². The maximum atomic E-state index is 4.80. The molecule has 4 aromatic heterocycles. The van der Waals surface area contributed by atoms with Crippen LogP contribution in [-0.4, -0.2) is 62.0 Å². The Morgan fingerprint density at radius 3 is 2.70 bits per heavy atom. The van der Waals surface area contributed by atoms with Crippen molar-refractivity contribution >= 4 is 39.0 Å². The van der Waals surface area contributed by atoms with Crippen molar-refractivity contribution in [2.75, 3.05) is 30.4 Å². The average Bonchev–Trinajstić information content (AvgIpc) is 3.48. The zero-order chi connectivity index (χ0) is 20.1. The van der Waals surface area contributed by atoms with E-state index >= 15 is 0 Å². The molecule has 2 aliphatic rings. The van der Waals surface area contributed by atoms with Crippen LogP contribution in [0.4, 0.5) is 17.5 Å². The van der Waals surface area contributed by atoms with E-state index in [1.54, 1.807) is 29.9 Å². The highest BCUT2D eigenvalue weighted by molar-refractivity contribution is 7.21. The third-order valence-electron chi connectivity index (χ3n) is 5.89. The molecular weight excluding hydrogens is 396 g/mol. The molecule has 0 radical (unpaired) electrons. The largest absolute Gasteiger partial charge is 0.349 e. The average molecular weight is 417 g/mol. The lowest BCUT2D eigenvalue weighted by molar-refractivity contribution is 0.292. The van der Waals surface area contributed by atoms with E-state index in [2.05, 4.69) is 37.1 Å². The van der Waals surface area contributed by atoms with Crippen molar-refractivity contribution in [3.8, 4) is 10.6 Å². The molecule has 0 amide bonds. The summed E-state index contributed by atoms with van der Waals surface area (Å²) in [7, 11) is 2.20. The summed E-state index contributed by atoms with van der Waals surface area (Å²) in [6, 6.07) is 7.04. The summed E-state index contributed by atoms with van der Waals surface area (Å²) < 4.78 is 1.05. The molecular formula is C21H20N8S. The number of piperazine rings is 1. The minimum absolute atomic E-state index is 0.528. The number of nitrogens with zero attached hydrogens (tertiary/aromatic N) is 7. The van der Waals surface area contributed by atoms with Crippen molar-refractivity contribution < 1.29 is 0 Å². The van der Waals surface area contributed by atoms with Gasteiger partial charge in [0, 0.05) is 55.4 Å². The first-order valence-corrected chi connectivity index (χ1v) is 10.8. The molecule has 0 saturated carbocycles. The summed E-state index contributed by atoms with van der Waals surface area (Å²) in [4.78, 5) is 27.4. The number of rotatable bonds is 4. The van der Waals surface area contributed by atoms with Gasteiger partial charge in [0.25, 0.3) is 0 Å². The Labute approximate surface area is 177 Å². The predicted molar refractivity (Wildman–Crippen MR) is 118 cm³/mol. The van der Waals surface area contributed by atoms with E-state index < -0.39 is 0 Å². The van der Waals surface area contributed by atoms with E-state index in [9.17, 15) is 0 Å². The van der Waals surface area contributed by atoms with E-state index in [0.717, 1.165) is 39.7 Å². The molecule has 0 aliphatic carbocycles. The number of aromatic nitrogens is 5. The highest BCUT2D eigenvalue weighted by Gasteiger charge is 2.42. The molecule has 150 valence electrons. The fourth-order valence-corrected chi connectivity index (χ4v) is 5.27. The number of nitrogens with one attached hydrogen (secondary N) is 1. The lowest BCUT2D eigenvalue weighted by Gasteiger charge is -2.32. The van der Waals surface area contributed by atoms with Gasteiger partial charge in [-0.1, -0.05) is 0 Å². The van der Waals surface area contributed by atoms with Gasteiger partial charge in [0.2, 0.25) is 0 Å². The lowest BCUT2D eigenvalue weighted by Crippen LogP contribution is -2.44. The Hall–Kier alpha value is -3.17. The van der Waals surface area contributed by atoms with Crippen molar-refractivity contribution in [3.05, 3.63) is 49.2 Å². The second-order valence-electron chi connectivity index (χ2n) is 7.81. The molecule has 2 atom stereocenters. The van der Waals surface area contributed by atoms with Crippen molar-refractivity contribution in [1.29, 1.82) is 0 Å². The molecule has 0 aromatic carbocycles. The monoisotopic (exact) mass is 416 g/mol. The highest BCUT2D eigenvalue weighted by Crippen LogP contribution is 2.33. The molecule has 0 spiro atoms. The number of anilines is 3. The first-order valence-electron chi connectivity index (χ1n) is 9.96. The zero-order valence-electron chi connectivity index (χ0n) is 16.4. The Morgan fingerprint density at radius 2 is 1.90 bits per heavy atom. The first kappa shape index (κ1) is 17.7. The van der Waals surface area contributed by atoms with Crippen LogP contribution < -0.4 is 10.2 Å². The molecule has 2 saturated heterocycles. The molecule has 6 heterocycles. The lowest BCUT2D eigenvalue weighted by atomic mass is 10.2. The summed E-state index contributed by atoms with van der Waals surface area (Å²) in [5.74, 6) is 2.33. The Bertz CT molecular complexity index is 1210. The van der Waals surface area contributed by atoms with Crippen molar-refractivity contribution in [2.24, 2.45) is 0 Å². The van der Waals surface area contributed by atoms with Gasteiger partial charge in [0.05, 0.1) is 22.6 Å². The van der Waals surface area contributed by atoms with Crippen LogP contribution >= 0.6 is 11.3 Å². The van der Waals surface area contributed by atoms with Gasteiger partial charge in [0.15, 0.2) is 5.82 Å². The summed E-state index contributed by atoms with van der Waals surface area (Å²) in [6.07, 6.45) is 10.2. The number of thiazole rings is 1. The molecule has 6 rings (SSSR count). The quantitative estimate of drug-likeness (QED) is 0.543. The summed E-state index contributed by atoms with van der Waals surface area (Å²) in [6.45, 7) is 2.10. The van der Waals surface area contributed by atoms with Crippen LogP contribution in [0.5, 0.6) is 0 Å². The van der Waals surface area contributed by atoms with Gasteiger partial charge in [-0.3, -0.25) is 14.9 Å². The molecule has 2 aliphatic heterocycles. The van der Waals surface area contributed by atoms with Crippen LogP contribution in [0.1, 0.15) is 6.42 Å². The van der Waals surface area contributed by atoms with E-state index in [0.29, 0.717) is 23.7 Å². The Kier molecular flexibility index (Phi) is 4.10. The Morgan fingerprint density at radius 1 is 1.00 bits per heavy atom. The van der Waals surface area contributed by atoms with E-state index in [1.165, 1.54) is 6.42 Å². The second kappa shape index (κ2) is 6.96. The SMILES string of the molecule is CN1C[C@@H]2C[C@H]1CN2c1cncc(Nc2cc3nc(-c4ccncc4)sc3cn2)n1. The maximum Gasteiger partial charge on any atom is 0.152 e. The van der Waals surface area contributed by atoms with Crippen LogP contribution in [0.25, 0.3) is 20.8 Å². The summed E-state index contributed by atoms with van der Waals surface area (Å²) in [5.41, 5.74) is 1.97. The highest BCUT2D eigenvalue weighted by atomic mass is 32.1. The zero-order valence-corrected chi connectivity index (χ0v) is 17.3. The third-order valence-corrected chi connectivity index (χ3v) is 6.94. The van der Waals surface area contributed by atoms with Gasteiger partial charge in [-0.05, 0) is 25.6 Å². The first-order chi connectivity index (χ1) is 14.7. The molecule has 9 heteroatoms. The molecule has 1 N–H and O–H groups in total. The summed E-state index contributed by atoms with van der Waals surface area (Å²) >= 11 is 1.62. The fraction of sp³-hybridized carbons (Fsp3) is 0.286. The number of pyridine rings is 2. The molecule has 2 bridgehead atoms. The van der Waals surface area contributed by atoms with Crippen LogP contribution in [-0.2, 0) is 0 Å². The molecule has 4 aromatic rings. The van der Waals surface area contributed by atoms with Crippen molar-refractivity contribution in [3.63, 3.8) is 0 Å². The van der Waals surface area contributed by atoms with Crippen LogP contribution in [0, 0.1) is 0 Å². The predicted octanol–water partition coefficient (Wildman–Crippen LogP) is 3.18. The number of hydrogen-bond donors (Lipinski definition) is 1. The molecule has 30 heavy (non-hydrogen) atoms. The number of hydrogen-bond acceptors (Lipinski definition) is 9. The maximum absolute atomic E-state index is 4.80. The normalized spacial score (nSPS) is 20.9. The number of likely N-dealkylation sites (tertiary alicyclic amines) is 1. The van der Waals surface area contributed by atoms with Crippen LogP contribution in [0.3, 0.4) is 0 Å². The van der Waals surface area contributed by atoms with Gasteiger partial charge >= 0.3 is 0 Å². The minimum Gasteiger partial charge on any atom is -0.349 e. The molecule has 8 nitrogen and oxygen atoms in total. The Balaban J connectivity index is 1.25. The van der Waals surface area contributed by atoms with Crippen LogP contribution in [0.15, 0.2) is 49.2 Å². The van der Waals surface area contributed by atoms with Gasteiger partial charge in [0.1, 0.15) is 16.6 Å². The van der Waals surface area contributed by atoms with Gasteiger partial charge in [-0.2, -0.15) is 0 Å². The van der Waals surface area contributed by atoms with Gasteiger partial charge in [-0.15, -0.1) is 11.3 Å². The topological polar surface area (TPSA) is 83.0 Å². The van der Waals surface area contributed by atoms with E-state index in [-0.39, 0.29) is 0 Å². The van der Waals surface area contributed by atoms with Gasteiger partial charge < -0.3 is 10.2 Å². The van der Waals surface area contributed by atoms with E-state index in [4.69, 9.17) is 9.97 Å². The van der Waals surface area contributed by atoms with Gasteiger partial charge in [-0.25, -0.2) is 15.0 Å².